The average molecular weight is 540 g/mol. The molecule has 5 aromatic rings. The molecule has 1 atom stereocenters. The lowest BCUT2D eigenvalue weighted by molar-refractivity contribution is -0.117. The normalized spacial score (nSPS) is 15.8. The van der Waals surface area contributed by atoms with Gasteiger partial charge in [0.1, 0.15) is 11.6 Å². The Kier molecular flexibility index (Phi) is 6.20. The molecule has 6 rings (SSSR count). The third-order valence-corrected chi connectivity index (χ3v) is 7.37. The number of imidazole rings is 1. The zero-order valence-electron chi connectivity index (χ0n) is 19.8. The molecule has 0 radical (unpaired) electrons. The molecular weight excluding hydrogens is 514 g/mol. The first-order valence-corrected chi connectivity index (χ1v) is 13.1. The van der Waals surface area contributed by atoms with Crippen LogP contribution in [0.2, 0.25) is 0 Å². The summed E-state index contributed by atoms with van der Waals surface area (Å²) in [7, 11) is 0. The minimum atomic E-state index is 0.0486. The van der Waals surface area contributed by atoms with E-state index in [0.717, 1.165) is 51.1 Å². The predicted octanol–water partition coefficient (Wildman–Crippen LogP) is 6.94. The van der Waals surface area contributed by atoms with Crippen molar-refractivity contribution < 1.29 is 9.53 Å². The number of nitrogens with zero attached hydrogens (tertiary/aromatic N) is 3. The van der Waals surface area contributed by atoms with Crippen LogP contribution in [0.3, 0.4) is 0 Å². The van der Waals surface area contributed by atoms with Crippen molar-refractivity contribution in [2.24, 2.45) is 0 Å². The number of fused-ring (bicyclic) bond motifs is 2. The SMILES string of the molecule is O=C1CC(c2nc3ccccc3n2CCCOc2cccc3ccccc23)CN1c1ccc(Br)cc1. The van der Waals surface area contributed by atoms with Crippen LogP contribution in [-0.2, 0) is 11.3 Å². The van der Waals surface area contributed by atoms with E-state index < -0.39 is 0 Å². The number of carbonyl (C=O) groups is 1. The van der Waals surface area contributed by atoms with Gasteiger partial charge in [-0.3, -0.25) is 4.79 Å². The molecule has 36 heavy (non-hydrogen) atoms. The maximum Gasteiger partial charge on any atom is 0.227 e. The Morgan fingerprint density at radius 3 is 2.58 bits per heavy atom. The fourth-order valence-electron chi connectivity index (χ4n) is 5.12. The quantitative estimate of drug-likeness (QED) is 0.210. The van der Waals surface area contributed by atoms with Crippen molar-refractivity contribution in [3.63, 3.8) is 0 Å². The number of hydrogen-bond acceptors (Lipinski definition) is 3. The molecule has 0 saturated carbocycles. The van der Waals surface area contributed by atoms with Crippen LogP contribution in [0.1, 0.15) is 24.6 Å². The second kappa shape index (κ2) is 9.78. The third kappa shape index (κ3) is 4.37. The van der Waals surface area contributed by atoms with Crippen molar-refractivity contribution in [1.82, 2.24) is 9.55 Å². The number of benzene rings is 4. The number of halogens is 1. The topological polar surface area (TPSA) is 47.4 Å². The van der Waals surface area contributed by atoms with Gasteiger partial charge in [0.05, 0.1) is 17.6 Å². The molecule has 2 heterocycles. The number of amides is 1. The summed E-state index contributed by atoms with van der Waals surface area (Å²) in [6.45, 7) is 2.02. The van der Waals surface area contributed by atoms with Crippen molar-refractivity contribution >= 4 is 49.3 Å². The minimum absolute atomic E-state index is 0.0486. The maximum atomic E-state index is 13.0. The van der Waals surface area contributed by atoms with E-state index in [1.54, 1.807) is 0 Å². The summed E-state index contributed by atoms with van der Waals surface area (Å²) in [5.41, 5.74) is 3.00. The summed E-state index contributed by atoms with van der Waals surface area (Å²) in [6.07, 6.45) is 1.31. The van der Waals surface area contributed by atoms with E-state index in [9.17, 15) is 4.79 Å². The third-order valence-electron chi connectivity index (χ3n) is 6.85. The summed E-state index contributed by atoms with van der Waals surface area (Å²) in [5, 5.41) is 2.31. The zero-order valence-corrected chi connectivity index (χ0v) is 21.4. The number of ether oxygens (including phenoxy) is 1. The molecule has 180 valence electrons. The number of aryl methyl sites for hydroxylation is 1. The first-order chi connectivity index (χ1) is 17.7. The fourth-order valence-corrected chi connectivity index (χ4v) is 5.38. The van der Waals surface area contributed by atoms with Crippen LogP contribution < -0.4 is 9.64 Å². The second-order valence-corrected chi connectivity index (χ2v) is 10.1. The lowest BCUT2D eigenvalue weighted by Gasteiger charge is -2.18. The summed E-state index contributed by atoms with van der Waals surface area (Å²) >= 11 is 3.48. The van der Waals surface area contributed by atoms with E-state index in [4.69, 9.17) is 9.72 Å². The van der Waals surface area contributed by atoms with Crippen LogP contribution in [0.15, 0.2) is 95.5 Å². The van der Waals surface area contributed by atoms with Gasteiger partial charge in [0.2, 0.25) is 5.91 Å². The maximum absolute atomic E-state index is 13.0. The second-order valence-electron chi connectivity index (χ2n) is 9.17. The number of rotatable bonds is 7. The summed E-state index contributed by atoms with van der Waals surface area (Å²) in [4.78, 5) is 19.8. The lowest BCUT2D eigenvalue weighted by atomic mass is 10.1. The van der Waals surface area contributed by atoms with Crippen molar-refractivity contribution in [2.45, 2.75) is 25.3 Å². The number of aromatic nitrogens is 2. The van der Waals surface area contributed by atoms with Gasteiger partial charge in [-0.2, -0.15) is 0 Å². The summed E-state index contributed by atoms with van der Waals surface area (Å²) in [5.74, 6) is 2.08. The highest BCUT2D eigenvalue weighted by molar-refractivity contribution is 9.10. The van der Waals surface area contributed by atoms with Gasteiger partial charge < -0.3 is 14.2 Å². The van der Waals surface area contributed by atoms with Crippen LogP contribution in [0.25, 0.3) is 21.8 Å². The Labute approximate surface area is 218 Å². The van der Waals surface area contributed by atoms with Gasteiger partial charge in [-0.15, -0.1) is 0 Å². The van der Waals surface area contributed by atoms with Gasteiger partial charge in [0.25, 0.3) is 0 Å². The predicted molar refractivity (Wildman–Crippen MR) is 148 cm³/mol. The van der Waals surface area contributed by atoms with E-state index in [0.29, 0.717) is 19.6 Å². The highest BCUT2D eigenvalue weighted by Crippen LogP contribution is 2.34. The van der Waals surface area contributed by atoms with Crippen LogP contribution >= 0.6 is 15.9 Å². The first-order valence-electron chi connectivity index (χ1n) is 12.3. The molecule has 0 N–H and O–H groups in total. The van der Waals surface area contributed by atoms with Crippen molar-refractivity contribution in [1.29, 1.82) is 0 Å². The highest BCUT2D eigenvalue weighted by atomic mass is 79.9. The van der Waals surface area contributed by atoms with Gasteiger partial charge in [0, 0.05) is 41.0 Å². The smallest absolute Gasteiger partial charge is 0.227 e. The van der Waals surface area contributed by atoms with Crippen LogP contribution in [0, 0.1) is 0 Å². The van der Waals surface area contributed by atoms with Crippen molar-refractivity contribution in [3.05, 3.63) is 101 Å². The molecule has 0 spiro atoms. The van der Waals surface area contributed by atoms with E-state index in [2.05, 4.69) is 44.8 Å². The number of anilines is 1. The zero-order chi connectivity index (χ0) is 24.5. The van der Waals surface area contributed by atoms with Gasteiger partial charge in [-0.1, -0.05) is 64.5 Å². The van der Waals surface area contributed by atoms with E-state index in [1.165, 1.54) is 5.39 Å². The fraction of sp³-hybridized carbons (Fsp3) is 0.200. The van der Waals surface area contributed by atoms with E-state index in [1.807, 2.05) is 71.6 Å². The molecule has 6 heteroatoms. The molecular formula is C30H26BrN3O2. The molecule has 0 bridgehead atoms. The standard InChI is InChI=1S/C30H26BrN3O2/c31-23-13-15-24(16-14-23)34-20-22(19-29(34)35)30-32-26-10-3-4-11-27(26)33(30)17-6-18-36-28-12-5-8-21-7-1-2-9-25(21)28/h1-5,7-16,22H,6,17-20H2. The molecule has 1 unspecified atom stereocenters. The Hall–Kier alpha value is -3.64. The van der Waals surface area contributed by atoms with Crippen molar-refractivity contribution in [3.8, 4) is 5.75 Å². The molecule has 5 nitrogen and oxygen atoms in total. The minimum Gasteiger partial charge on any atom is -0.493 e. The molecule has 1 saturated heterocycles. The number of carbonyl (C=O) groups excluding carboxylic acids is 1. The van der Waals surface area contributed by atoms with Crippen LogP contribution in [0.4, 0.5) is 5.69 Å². The summed E-state index contributed by atoms with van der Waals surface area (Å²) < 4.78 is 9.48. The van der Waals surface area contributed by atoms with Gasteiger partial charge in [-0.25, -0.2) is 4.98 Å². The molecule has 1 fully saturated rings. The van der Waals surface area contributed by atoms with Gasteiger partial charge in [0.15, 0.2) is 0 Å². The molecule has 1 amide bonds. The van der Waals surface area contributed by atoms with E-state index in [-0.39, 0.29) is 11.8 Å². The molecule has 4 aromatic carbocycles. The molecule has 0 aliphatic carbocycles. The highest BCUT2D eigenvalue weighted by Gasteiger charge is 2.34. The van der Waals surface area contributed by atoms with Gasteiger partial charge >= 0.3 is 0 Å². The molecule has 1 aliphatic rings. The largest absolute Gasteiger partial charge is 0.493 e. The molecule has 1 aromatic heterocycles. The summed E-state index contributed by atoms with van der Waals surface area (Å²) in [6, 6.07) is 30.6. The van der Waals surface area contributed by atoms with E-state index >= 15 is 0 Å². The number of para-hydroxylation sites is 2. The Balaban J connectivity index is 1.21. The molecule has 1 aliphatic heterocycles. The Morgan fingerprint density at radius 1 is 0.917 bits per heavy atom. The monoisotopic (exact) mass is 539 g/mol. The van der Waals surface area contributed by atoms with Crippen molar-refractivity contribution in [2.75, 3.05) is 18.1 Å². The Morgan fingerprint density at radius 2 is 1.69 bits per heavy atom. The Bertz CT molecular complexity index is 1540. The van der Waals surface area contributed by atoms with Gasteiger partial charge in [-0.05, 0) is 54.3 Å². The van der Waals surface area contributed by atoms with Crippen LogP contribution in [0.5, 0.6) is 5.75 Å². The van der Waals surface area contributed by atoms with Crippen LogP contribution in [-0.4, -0.2) is 28.6 Å². The first kappa shape index (κ1) is 22.8. The lowest BCUT2D eigenvalue weighted by Crippen LogP contribution is -2.24. The number of hydrogen-bond donors (Lipinski definition) is 0. The average Bonchev–Trinajstić information content (AvgIpc) is 3.47.